The average molecular weight is 436 g/mol. The van der Waals surface area contributed by atoms with Crippen LogP contribution in [0, 0.1) is 13.8 Å². The molecule has 0 aliphatic carbocycles. The first-order valence-electron chi connectivity index (χ1n) is 12.2. The minimum Gasteiger partial charge on any atom is -0.355 e. The Morgan fingerprint density at radius 3 is 2.61 bits per heavy atom. The van der Waals surface area contributed by atoms with Gasteiger partial charge in [-0.05, 0) is 92.6 Å². The van der Waals surface area contributed by atoms with E-state index in [1.807, 2.05) is 6.07 Å². The second-order valence-corrected chi connectivity index (χ2v) is 9.35. The van der Waals surface area contributed by atoms with Gasteiger partial charge in [-0.3, -0.25) is 9.88 Å². The lowest BCUT2D eigenvalue weighted by molar-refractivity contribution is 0.249. The molecule has 2 heterocycles. The molecule has 3 aromatic carbocycles. The van der Waals surface area contributed by atoms with Gasteiger partial charge in [0.15, 0.2) is 0 Å². The van der Waals surface area contributed by atoms with Gasteiger partial charge in [-0.25, -0.2) is 0 Å². The maximum Gasteiger partial charge on any atom is 0.0726 e. The van der Waals surface area contributed by atoms with Crippen LogP contribution < -0.4 is 5.32 Å². The number of unbranched alkanes of at least 4 members (excludes halogenated alkanes) is 1. The number of fused-ring (bicyclic) bond motifs is 2. The molecule has 3 nitrogen and oxygen atoms in total. The number of pyridine rings is 1. The highest BCUT2D eigenvalue weighted by molar-refractivity contribution is 5.93. The standard InChI is InChI=1S/C30H33N3/c1-22-14-15-27(32-30-19-23(2)31-29-13-6-5-12-28(29)30)20-25(22)10-7-8-17-33-18-16-24-9-3-4-11-26(24)21-33/h3-6,9,11-15,19-20H,7-8,10,16-18,21H2,1-2H3,(H,31,32). The highest BCUT2D eigenvalue weighted by Crippen LogP contribution is 2.28. The molecule has 0 unspecified atom stereocenters. The van der Waals surface area contributed by atoms with Gasteiger partial charge in [-0.1, -0.05) is 48.5 Å². The Hall–Kier alpha value is -3.17. The van der Waals surface area contributed by atoms with Crippen LogP contribution in [0.15, 0.2) is 72.8 Å². The van der Waals surface area contributed by atoms with Gasteiger partial charge in [0.2, 0.25) is 0 Å². The molecule has 1 aromatic heterocycles. The maximum atomic E-state index is 4.67. The molecular weight excluding hydrogens is 402 g/mol. The van der Waals surface area contributed by atoms with Crippen LogP contribution in [0.4, 0.5) is 11.4 Å². The predicted molar refractivity (Wildman–Crippen MR) is 139 cm³/mol. The lowest BCUT2D eigenvalue weighted by atomic mass is 9.99. The summed E-state index contributed by atoms with van der Waals surface area (Å²) < 4.78 is 0. The fraction of sp³-hybridized carbons (Fsp3) is 0.300. The van der Waals surface area contributed by atoms with Crippen molar-refractivity contribution in [2.45, 2.75) is 46.1 Å². The Balaban J connectivity index is 1.20. The molecule has 1 aliphatic heterocycles. The number of hydrogen-bond donors (Lipinski definition) is 1. The fourth-order valence-corrected chi connectivity index (χ4v) is 4.98. The van der Waals surface area contributed by atoms with Gasteiger partial charge < -0.3 is 5.32 Å². The van der Waals surface area contributed by atoms with E-state index in [-0.39, 0.29) is 0 Å². The highest BCUT2D eigenvalue weighted by Gasteiger charge is 2.15. The fourth-order valence-electron chi connectivity index (χ4n) is 4.98. The molecule has 0 bridgehead atoms. The highest BCUT2D eigenvalue weighted by atomic mass is 15.1. The molecular formula is C30H33N3. The summed E-state index contributed by atoms with van der Waals surface area (Å²) in [6, 6.07) is 26.1. The van der Waals surface area contributed by atoms with Gasteiger partial charge in [0, 0.05) is 35.5 Å². The van der Waals surface area contributed by atoms with E-state index in [1.165, 1.54) is 54.6 Å². The van der Waals surface area contributed by atoms with Crippen LogP contribution in [-0.2, 0) is 19.4 Å². The quantitative estimate of drug-likeness (QED) is 0.318. The average Bonchev–Trinajstić information content (AvgIpc) is 2.83. The minimum absolute atomic E-state index is 1.03. The van der Waals surface area contributed by atoms with Gasteiger partial charge in [0.1, 0.15) is 0 Å². The molecule has 5 rings (SSSR count). The van der Waals surface area contributed by atoms with Crippen LogP contribution in [0.2, 0.25) is 0 Å². The second-order valence-electron chi connectivity index (χ2n) is 9.35. The number of rotatable bonds is 7. The van der Waals surface area contributed by atoms with E-state index in [0.29, 0.717) is 0 Å². The zero-order valence-corrected chi connectivity index (χ0v) is 19.8. The molecule has 0 saturated heterocycles. The third kappa shape index (κ3) is 5.09. The van der Waals surface area contributed by atoms with E-state index < -0.39 is 0 Å². The Morgan fingerprint density at radius 2 is 1.70 bits per heavy atom. The third-order valence-electron chi connectivity index (χ3n) is 6.85. The van der Waals surface area contributed by atoms with Crippen molar-refractivity contribution in [2.75, 3.05) is 18.4 Å². The van der Waals surface area contributed by atoms with Crippen LogP contribution in [0.5, 0.6) is 0 Å². The monoisotopic (exact) mass is 435 g/mol. The number of para-hydroxylation sites is 1. The molecule has 4 aromatic rings. The van der Waals surface area contributed by atoms with Crippen molar-refractivity contribution in [3.8, 4) is 0 Å². The zero-order chi connectivity index (χ0) is 22.6. The second kappa shape index (κ2) is 9.76. The summed E-state index contributed by atoms with van der Waals surface area (Å²) in [6.07, 6.45) is 4.78. The Morgan fingerprint density at radius 1 is 0.879 bits per heavy atom. The number of aromatic nitrogens is 1. The summed E-state index contributed by atoms with van der Waals surface area (Å²) in [7, 11) is 0. The Labute approximate surface area is 197 Å². The molecule has 168 valence electrons. The lowest BCUT2D eigenvalue weighted by Gasteiger charge is -2.28. The van der Waals surface area contributed by atoms with Crippen LogP contribution >= 0.6 is 0 Å². The topological polar surface area (TPSA) is 28.2 Å². The van der Waals surface area contributed by atoms with Crippen molar-refractivity contribution >= 4 is 22.3 Å². The SMILES string of the molecule is Cc1cc(Nc2ccc(C)c(CCCCN3CCc4ccccc4C3)c2)c2ccccc2n1. The van der Waals surface area contributed by atoms with Crippen molar-refractivity contribution in [3.63, 3.8) is 0 Å². The first kappa shape index (κ1) is 21.7. The summed E-state index contributed by atoms with van der Waals surface area (Å²) in [6.45, 7) is 7.77. The summed E-state index contributed by atoms with van der Waals surface area (Å²) in [5, 5.41) is 4.82. The number of hydrogen-bond acceptors (Lipinski definition) is 3. The van der Waals surface area contributed by atoms with Crippen molar-refractivity contribution in [1.82, 2.24) is 9.88 Å². The number of nitrogens with zero attached hydrogens (tertiary/aromatic N) is 2. The molecule has 0 fully saturated rings. The molecule has 0 spiro atoms. The molecule has 1 aliphatic rings. The number of aryl methyl sites for hydroxylation is 3. The van der Waals surface area contributed by atoms with E-state index in [2.05, 4.69) is 95.8 Å². The van der Waals surface area contributed by atoms with Gasteiger partial charge in [-0.15, -0.1) is 0 Å². The van der Waals surface area contributed by atoms with Crippen LogP contribution in [0.25, 0.3) is 10.9 Å². The Bertz CT molecular complexity index is 1260. The summed E-state index contributed by atoms with van der Waals surface area (Å²) in [4.78, 5) is 7.28. The third-order valence-corrected chi connectivity index (χ3v) is 6.85. The van der Waals surface area contributed by atoms with Gasteiger partial charge in [0.05, 0.1) is 5.52 Å². The maximum absolute atomic E-state index is 4.67. The van der Waals surface area contributed by atoms with E-state index in [4.69, 9.17) is 0 Å². The zero-order valence-electron chi connectivity index (χ0n) is 19.8. The van der Waals surface area contributed by atoms with Gasteiger partial charge in [0.25, 0.3) is 0 Å². The first-order valence-corrected chi connectivity index (χ1v) is 12.2. The van der Waals surface area contributed by atoms with Gasteiger partial charge >= 0.3 is 0 Å². The molecule has 0 saturated carbocycles. The summed E-state index contributed by atoms with van der Waals surface area (Å²) in [5.74, 6) is 0. The van der Waals surface area contributed by atoms with Crippen molar-refractivity contribution < 1.29 is 0 Å². The number of anilines is 2. The van der Waals surface area contributed by atoms with Crippen molar-refractivity contribution in [2.24, 2.45) is 0 Å². The largest absolute Gasteiger partial charge is 0.355 e. The van der Waals surface area contributed by atoms with Gasteiger partial charge in [-0.2, -0.15) is 0 Å². The minimum atomic E-state index is 1.03. The Kier molecular flexibility index (Phi) is 6.41. The molecule has 3 heteroatoms. The van der Waals surface area contributed by atoms with E-state index in [9.17, 15) is 0 Å². The van der Waals surface area contributed by atoms with Crippen LogP contribution in [0.1, 0.15) is 40.8 Å². The van der Waals surface area contributed by atoms with Crippen molar-refractivity contribution in [1.29, 1.82) is 0 Å². The van der Waals surface area contributed by atoms with E-state index in [0.717, 1.165) is 40.9 Å². The normalized spacial score (nSPS) is 13.8. The predicted octanol–water partition coefficient (Wildman–Crippen LogP) is 6.98. The van der Waals surface area contributed by atoms with Crippen LogP contribution in [-0.4, -0.2) is 23.0 Å². The first-order chi connectivity index (χ1) is 16.2. The number of benzene rings is 3. The lowest BCUT2D eigenvalue weighted by Crippen LogP contribution is -2.31. The summed E-state index contributed by atoms with van der Waals surface area (Å²) in [5.41, 5.74) is 10.2. The molecule has 33 heavy (non-hydrogen) atoms. The van der Waals surface area contributed by atoms with Crippen LogP contribution in [0.3, 0.4) is 0 Å². The van der Waals surface area contributed by atoms with E-state index in [1.54, 1.807) is 0 Å². The molecule has 0 amide bonds. The van der Waals surface area contributed by atoms with Crippen molar-refractivity contribution in [3.05, 3.63) is 101 Å². The summed E-state index contributed by atoms with van der Waals surface area (Å²) >= 11 is 0. The number of nitrogens with one attached hydrogen (secondary N) is 1. The smallest absolute Gasteiger partial charge is 0.0726 e. The molecule has 0 atom stereocenters. The molecule has 1 N–H and O–H groups in total. The van der Waals surface area contributed by atoms with E-state index >= 15 is 0 Å². The molecule has 0 radical (unpaired) electrons.